The summed E-state index contributed by atoms with van der Waals surface area (Å²) in [6, 6.07) is 6.50. The van der Waals surface area contributed by atoms with Gasteiger partial charge in [-0.15, -0.1) is 0 Å². The molecule has 3 unspecified atom stereocenters. The van der Waals surface area contributed by atoms with Gasteiger partial charge in [-0.2, -0.15) is 26.0 Å². The van der Waals surface area contributed by atoms with Crippen LogP contribution in [0.4, 0.5) is 0 Å². The molecule has 0 fully saturated rings. The van der Waals surface area contributed by atoms with Crippen LogP contribution >= 0.6 is 0 Å². The smallest absolute Gasteiger partial charge is 0.167 e. The first-order valence-corrected chi connectivity index (χ1v) is 10.7. The molecule has 0 aliphatic heterocycles. The average Bonchev–Trinajstić information content (AvgIpc) is 2.72. The van der Waals surface area contributed by atoms with Crippen LogP contribution in [-0.2, 0) is 14.2 Å². The number of ether oxygens (including phenoxy) is 3. The summed E-state index contributed by atoms with van der Waals surface area (Å²) in [5, 5.41) is 35.7. The van der Waals surface area contributed by atoms with E-state index in [2.05, 4.69) is 28.4 Å². The molecule has 0 heterocycles. The van der Waals surface area contributed by atoms with Gasteiger partial charge in [0.1, 0.15) is 0 Å². The van der Waals surface area contributed by atoms with Gasteiger partial charge < -0.3 is 14.2 Å². The molecule has 0 saturated carbocycles. The van der Waals surface area contributed by atoms with Gasteiger partial charge in [0.2, 0.25) is 0 Å². The highest BCUT2D eigenvalue weighted by Crippen LogP contribution is 2.30. The van der Waals surface area contributed by atoms with Gasteiger partial charge in [0.25, 0.3) is 0 Å². The van der Waals surface area contributed by atoms with Crippen LogP contribution in [0.1, 0.15) is 81.6 Å². The van der Waals surface area contributed by atoms with Crippen molar-refractivity contribution in [1.82, 2.24) is 0 Å². The van der Waals surface area contributed by atoms with Crippen molar-refractivity contribution >= 4 is 0 Å². The molecule has 0 aliphatic rings. The van der Waals surface area contributed by atoms with Crippen molar-refractivity contribution < 1.29 is 14.2 Å². The van der Waals surface area contributed by atoms with Crippen LogP contribution in [0.3, 0.4) is 0 Å². The summed E-state index contributed by atoms with van der Waals surface area (Å²) in [6.45, 7) is 16.8. The Hall–Kier alpha value is -2.05. The van der Waals surface area contributed by atoms with Crippen molar-refractivity contribution in [1.29, 1.82) is 15.8 Å². The molecule has 0 saturated heterocycles. The summed E-state index contributed by atoms with van der Waals surface area (Å²) in [5.74, 6) is 0.0787. The summed E-state index contributed by atoms with van der Waals surface area (Å²) in [5.41, 5.74) is -3.25. The summed E-state index contributed by atoms with van der Waals surface area (Å²) < 4.78 is 15.9. The molecule has 0 radical (unpaired) electrons. The maximum Gasteiger partial charge on any atom is 0.167 e. The molecule has 3 atom stereocenters. The molecular formula is C24H43N5O3. The molecule has 0 bridgehead atoms. The van der Waals surface area contributed by atoms with Crippen molar-refractivity contribution in [3.05, 3.63) is 0 Å². The van der Waals surface area contributed by atoms with E-state index in [1.54, 1.807) is 35.2 Å². The molecule has 0 rings (SSSR count). The lowest BCUT2D eigenvalue weighted by molar-refractivity contribution is 0.000704. The zero-order chi connectivity index (χ0) is 25.9. The zero-order valence-electron chi connectivity index (χ0n) is 22.2. The number of nitriles is 3. The van der Waals surface area contributed by atoms with E-state index in [1.165, 1.54) is 0 Å². The molecule has 0 aromatic carbocycles. The van der Waals surface area contributed by atoms with Gasteiger partial charge >= 0.3 is 0 Å². The largest absolute Gasteiger partial charge is 0.379 e. The Morgan fingerprint density at radius 1 is 0.656 bits per heavy atom. The van der Waals surface area contributed by atoms with Crippen molar-refractivity contribution in [3.63, 3.8) is 0 Å². The summed E-state index contributed by atoms with van der Waals surface area (Å²) in [7, 11) is 4.86. The standard InChI is InChI=1S/C16H28N4O2.C8H15NO/c1-13(2,21-7)9-15(5,11-17)19-20-16(6,12-18)10-14(3,4)22-8;1-7(6-9)5-8(2,3)10-4/h9-10H2,1-8H3;7H,5H2,1-4H3. The molecule has 0 amide bonds. The normalized spacial score (nSPS) is 17.0. The maximum absolute atomic E-state index is 9.43. The molecule has 0 spiro atoms. The minimum absolute atomic E-state index is 0.0787. The Morgan fingerprint density at radius 3 is 1.19 bits per heavy atom. The van der Waals surface area contributed by atoms with E-state index < -0.39 is 22.3 Å². The van der Waals surface area contributed by atoms with Crippen LogP contribution in [0.2, 0.25) is 0 Å². The first-order chi connectivity index (χ1) is 14.4. The molecule has 8 heteroatoms. The van der Waals surface area contributed by atoms with Crippen LogP contribution in [0.15, 0.2) is 10.2 Å². The van der Waals surface area contributed by atoms with Crippen molar-refractivity contribution in [2.75, 3.05) is 21.3 Å². The van der Waals surface area contributed by atoms with E-state index in [-0.39, 0.29) is 11.5 Å². The molecule has 0 aliphatic carbocycles. The SMILES string of the molecule is COC(C)(C)CC(C)(C#N)N=NC(C)(C#N)CC(C)(C)OC.COC(C)(C)CC(C)C#N. The highest BCUT2D eigenvalue weighted by Gasteiger charge is 2.37. The Bertz CT molecular complexity index is 683. The number of hydrogen-bond donors (Lipinski definition) is 0. The molecular weight excluding hydrogens is 406 g/mol. The van der Waals surface area contributed by atoms with Crippen LogP contribution in [0.25, 0.3) is 0 Å². The first kappa shape index (κ1) is 32.1. The van der Waals surface area contributed by atoms with Crippen LogP contribution < -0.4 is 0 Å². The van der Waals surface area contributed by atoms with Gasteiger partial charge in [-0.25, -0.2) is 0 Å². The monoisotopic (exact) mass is 449 g/mol. The fourth-order valence-corrected chi connectivity index (χ4v) is 3.08. The zero-order valence-corrected chi connectivity index (χ0v) is 22.2. The number of rotatable bonds is 11. The first-order valence-electron chi connectivity index (χ1n) is 10.7. The van der Waals surface area contributed by atoms with Gasteiger partial charge in [-0.05, 0) is 68.7 Å². The van der Waals surface area contributed by atoms with Gasteiger partial charge in [0.05, 0.1) is 35.0 Å². The van der Waals surface area contributed by atoms with Crippen molar-refractivity contribution in [3.8, 4) is 18.2 Å². The van der Waals surface area contributed by atoms with E-state index >= 15 is 0 Å². The lowest BCUT2D eigenvalue weighted by Gasteiger charge is -2.31. The summed E-state index contributed by atoms with van der Waals surface area (Å²) in [4.78, 5) is 0. The molecule has 0 aromatic rings. The predicted octanol–water partition coefficient (Wildman–Crippen LogP) is 5.59. The van der Waals surface area contributed by atoms with E-state index in [1.807, 2.05) is 48.5 Å². The number of nitrogens with zero attached hydrogens (tertiary/aromatic N) is 5. The highest BCUT2D eigenvalue weighted by atomic mass is 16.5. The van der Waals surface area contributed by atoms with Gasteiger partial charge in [0, 0.05) is 40.1 Å². The quantitative estimate of drug-likeness (QED) is 0.378. The molecule has 0 N–H and O–H groups in total. The van der Waals surface area contributed by atoms with Crippen molar-refractivity contribution in [2.45, 2.75) is 109 Å². The minimum atomic E-state index is -1.05. The van der Waals surface area contributed by atoms with Gasteiger partial charge in [-0.1, -0.05) is 0 Å². The van der Waals surface area contributed by atoms with Crippen LogP contribution in [0, 0.1) is 39.9 Å². The second kappa shape index (κ2) is 12.9. The van der Waals surface area contributed by atoms with Gasteiger partial charge in [0.15, 0.2) is 11.1 Å². The fraction of sp³-hybridized carbons (Fsp3) is 0.875. The Balaban J connectivity index is 0. The third-order valence-corrected chi connectivity index (χ3v) is 5.19. The molecule has 8 nitrogen and oxygen atoms in total. The Kier molecular flexibility index (Phi) is 12.9. The average molecular weight is 450 g/mol. The molecule has 0 aromatic heterocycles. The maximum atomic E-state index is 9.43. The summed E-state index contributed by atoms with van der Waals surface area (Å²) >= 11 is 0. The third kappa shape index (κ3) is 13.4. The molecule has 182 valence electrons. The number of azo groups is 1. The highest BCUT2D eigenvalue weighted by molar-refractivity contribution is 5.10. The fourth-order valence-electron chi connectivity index (χ4n) is 3.08. The third-order valence-electron chi connectivity index (χ3n) is 5.19. The van der Waals surface area contributed by atoms with E-state index in [9.17, 15) is 10.5 Å². The van der Waals surface area contributed by atoms with Crippen LogP contribution in [0.5, 0.6) is 0 Å². The van der Waals surface area contributed by atoms with E-state index in [0.29, 0.717) is 12.8 Å². The van der Waals surface area contributed by atoms with Gasteiger partial charge in [-0.3, -0.25) is 0 Å². The Labute approximate surface area is 195 Å². The number of hydrogen-bond acceptors (Lipinski definition) is 8. The van der Waals surface area contributed by atoms with Crippen LogP contribution in [-0.4, -0.2) is 49.2 Å². The lowest BCUT2D eigenvalue weighted by atomic mass is 9.88. The Morgan fingerprint density at radius 2 is 0.969 bits per heavy atom. The minimum Gasteiger partial charge on any atom is -0.379 e. The topological polar surface area (TPSA) is 124 Å². The van der Waals surface area contributed by atoms with E-state index in [0.717, 1.165) is 6.42 Å². The lowest BCUT2D eigenvalue weighted by Crippen LogP contribution is -2.37. The van der Waals surface area contributed by atoms with Crippen molar-refractivity contribution in [2.24, 2.45) is 16.1 Å². The predicted molar refractivity (Wildman–Crippen MR) is 125 cm³/mol. The second-order valence-electron chi connectivity index (χ2n) is 10.5. The summed E-state index contributed by atoms with van der Waals surface area (Å²) in [6.07, 6.45) is 1.55. The molecule has 32 heavy (non-hydrogen) atoms. The second-order valence-corrected chi connectivity index (χ2v) is 10.5. The van der Waals surface area contributed by atoms with E-state index in [4.69, 9.17) is 19.5 Å². The number of methoxy groups -OCH3 is 3.